The summed E-state index contributed by atoms with van der Waals surface area (Å²) in [6.45, 7) is 3.46. The number of carbonyl (C=O) groups is 1. The van der Waals surface area contributed by atoms with Crippen molar-refractivity contribution in [2.45, 2.75) is 103 Å². The van der Waals surface area contributed by atoms with Gasteiger partial charge in [0.25, 0.3) is 0 Å². The first-order valence-corrected chi connectivity index (χ1v) is 10.9. The van der Waals surface area contributed by atoms with Gasteiger partial charge < -0.3 is 17.1 Å². The van der Waals surface area contributed by atoms with E-state index in [-0.39, 0.29) is 18.4 Å². The van der Waals surface area contributed by atoms with Crippen molar-refractivity contribution in [2.24, 2.45) is 7.05 Å². The molecule has 0 bridgehead atoms. The fourth-order valence-corrected chi connectivity index (χ4v) is 3.26. The molecule has 5 heteroatoms. The minimum atomic E-state index is -0.0513. The summed E-state index contributed by atoms with van der Waals surface area (Å²) in [4.78, 5) is 11.7. The molecule has 158 valence electrons. The van der Waals surface area contributed by atoms with Crippen LogP contribution in [-0.2, 0) is 23.1 Å². The minimum absolute atomic E-state index is 0. The van der Waals surface area contributed by atoms with Gasteiger partial charge in [-0.3, -0.25) is 4.79 Å². The second-order valence-corrected chi connectivity index (χ2v) is 7.53. The van der Waals surface area contributed by atoms with Crippen molar-refractivity contribution in [3.05, 3.63) is 18.7 Å². The fourth-order valence-electron chi connectivity index (χ4n) is 3.26. The summed E-state index contributed by atoms with van der Waals surface area (Å²) in [7, 11) is 1.98. The summed E-state index contributed by atoms with van der Waals surface area (Å²) in [6.07, 6.45) is 23.8. The van der Waals surface area contributed by atoms with Gasteiger partial charge in [-0.25, -0.2) is 9.13 Å². The normalized spacial score (nSPS) is 10.6. The summed E-state index contributed by atoms with van der Waals surface area (Å²) < 4.78 is 9.30. The number of hydrogen-bond acceptors (Lipinski definition) is 2. The largest absolute Gasteiger partial charge is 1.00 e. The van der Waals surface area contributed by atoms with Gasteiger partial charge in [0, 0.05) is 6.42 Å². The van der Waals surface area contributed by atoms with Crippen LogP contribution in [0.5, 0.6) is 0 Å². The molecule has 1 aromatic rings. The summed E-state index contributed by atoms with van der Waals surface area (Å²) in [5.41, 5.74) is 0. The summed E-state index contributed by atoms with van der Waals surface area (Å²) in [6, 6.07) is 0. The van der Waals surface area contributed by atoms with Crippen molar-refractivity contribution in [1.82, 2.24) is 4.57 Å². The van der Waals surface area contributed by atoms with Gasteiger partial charge in [-0.2, -0.15) is 0 Å². The molecule has 0 aromatic carbocycles. The molecule has 0 N–H and O–H groups in total. The summed E-state index contributed by atoms with van der Waals surface area (Å²) in [5.74, 6) is -0.0513. The van der Waals surface area contributed by atoms with Crippen LogP contribution in [0, 0.1) is 0 Å². The lowest BCUT2D eigenvalue weighted by Crippen LogP contribution is -3.00. The Hall–Kier alpha value is -1.03. The molecule has 0 saturated heterocycles. The SMILES string of the molecule is CCCCCCCCCCCCCCCC(=O)OCCn1cc[n+](C)c1.[Cl-]. The summed E-state index contributed by atoms with van der Waals surface area (Å²) >= 11 is 0. The molecule has 0 unspecified atom stereocenters. The molecule has 0 radical (unpaired) electrons. The Balaban J connectivity index is 0.00000676. The quantitative estimate of drug-likeness (QED) is 0.228. The average molecular weight is 401 g/mol. The Kier molecular flexibility index (Phi) is 17.6. The highest BCUT2D eigenvalue weighted by atomic mass is 35.5. The molecule has 1 aromatic heterocycles. The Morgan fingerprint density at radius 3 is 1.89 bits per heavy atom. The number of nitrogens with zero attached hydrogens (tertiary/aromatic N) is 2. The van der Waals surface area contributed by atoms with Crippen molar-refractivity contribution < 1.29 is 26.5 Å². The van der Waals surface area contributed by atoms with E-state index in [0.29, 0.717) is 13.0 Å². The number of rotatable bonds is 17. The number of esters is 1. The predicted molar refractivity (Wildman–Crippen MR) is 107 cm³/mol. The number of unbranched alkanes of at least 4 members (excludes halogenated alkanes) is 12. The van der Waals surface area contributed by atoms with Crippen molar-refractivity contribution in [3.63, 3.8) is 0 Å². The minimum Gasteiger partial charge on any atom is -1.00 e. The van der Waals surface area contributed by atoms with Gasteiger partial charge >= 0.3 is 5.97 Å². The van der Waals surface area contributed by atoms with Crippen LogP contribution in [0.1, 0.15) is 96.8 Å². The molecule has 1 rings (SSSR count). The van der Waals surface area contributed by atoms with Crippen LogP contribution in [0.15, 0.2) is 18.7 Å². The van der Waals surface area contributed by atoms with Crippen LogP contribution in [0.4, 0.5) is 0 Å². The molecule has 0 aliphatic heterocycles. The number of carbonyl (C=O) groups excluding carboxylic acids is 1. The number of aromatic nitrogens is 2. The van der Waals surface area contributed by atoms with E-state index < -0.39 is 0 Å². The average Bonchev–Trinajstić information content (AvgIpc) is 3.04. The van der Waals surface area contributed by atoms with Crippen molar-refractivity contribution >= 4 is 5.97 Å². The monoisotopic (exact) mass is 400 g/mol. The zero-order chi connectivity index (χ0) is 18.9. The number of halogens is 1. The van der Waals surface area contributed by atoms with Crippen molar-refractivity contribution in [3.8, 4) is 0 Å². The fraction of sp³-hybridized carbons (Fsp3) is 0.818. The lowest BCUT2D eigenvalue weighted by molar-refractivity contribution is -0.671. The van der Waals surface area contributed by atoms with Gasteiger partial charge in [0.05, 0.1) is 7.05 Å². The molecule has 0 amide bonds. The standard InChI is InChI=1S/C22H41N2O2.ClH/c1-3-4-5-6-7-8-9-10-11-12-13-14-15-16-22(25)26-20-19-24-18-17-23(2)21-24;/h17-18,21H,3-16,19-20H2,1-2H3;1H/q+1;/p-1. The van der Waals surface area contributed by atoms with Crippen molar-refractivity contribution in [1.29, 1.82) is 0 Å². The summed E-state index contributed by atoms with van der Waals surface area (Å²) in [5, 5.41) is 0. The third-order valence-electron chi connectivity index (χ3n) is 4.92. The van der Waals surface area contributed by atoms with Gasteiger partial charge in [-0.05, 0) is 6.42 Å². The highest BCUT2D eigenvalue weighted by Gasteiger charge is 2.05. The van der Waals surface area contributed by atoms with Gasteiger partial charge in [0.2, 0.25) is 6.33 Å². The maximum absolute atomic E-state index is 11.7. The third kappa shape index (κ3) is 15.7. The van der Waals surface area contributed by atoms with Crippen LogP contribution < -0.4 is 17.0 Å². The molecule has 0 spiro atoms. The van der Waals surface area contributed by atoms with E-state index >= 15 is 0 Å². The zero-order valence-corrected chi connectivity index (χ0v) is 18.4. The van der Waals surface area contributed by atoms with E-state index in [9.17, 15) is 4.79 Å². The molecule has 0 saturated carbocycles. The molecule has 27 heavy (non-hydrogen) atoms. The van der Waals surface area contributed by atoms with E-state index in [4.69, 9.17) is 4.74 Å². The molecular formula is C22H41ClN2O2. The lowest BCUT2D eigenvalue weighted by Gasteiger charge is -2.04. The molecule has 0 aliphatic rings. The highest BCUT2D eigenvalue weighted by molar-refractivity contribution is 5.69. The molecule has 0 aliphatic carbocycles. The second kappa shape index (κ2) is 18.3. The van der Waals surface area contributed by atoms with E-state index in [1.165, 1.54) is 70.6 Å². The number of aryl methyl sites for hydroxylation is 1. The van der Waals surface area contributed by atoms with Crippen LogP contribution in [-0.4, -0.2) is 17.1 Å². The van der Waals surface area contributed by atoms with Gasteiger partial charge in [-0.15, -0.1) is 0 Å². The maximum atomic E-state index is 11.7. The topological polar surface area (TPSA) is 35.1 Å². The van der Waals surface area contributed by atoms with E-state index in [1.807, 2.05) is 34.9 Å². The molecule has 0 fully saturated rings. The van der Waals surface area contributed by atoms with Crippen molar-refractivity contribution in [2.75, 3.05) is 6.61 Å². The van der Waals surface area contributed by atoms with Crippen LogP contribution in [0.2, 0.25) is 0 Å². The first kappa shape index (κ1) is 26.0. The molecule has 4 nitrogen and oxygen atoms in total. The first-order valence-electron chi connectivity index (χ1n) is 10.9. The number of ether oxygens (including phenoxy) is 1. The molecule has 0 atom stereocenters. The highest BCUT2D eigenvalue weighted by Crippen LogP contribution is 2.13. The van der Waals surface area contributed by atoms with Crippen LogP contribution in [0.3, 0.4) is 0 Å². The lowest BCUT2D eigenvalue weighted by atomic mass is 10.0. The van der Waals surface area contributed by atoms with Crippen LogP contribution in [0.25, 0.3) is 0 Å². The van der Waals surface area contributed by atoms with Crippen LogP contribution >= 0.6 is 0 Å². The van der Waals surface area contributed by atoms with Gasteiger partial charge in [0.15, 0.2) is 0 Å². The van der Waals surface area contributed by atoms with Gasteiger partial charge in [-0.1, -0.05) is 84.0 Å². The Labute approximate surface area is 173 Å². The van der Waals surface area contributed by atoms with E-state index in [2.05, 4.69) is 6.92 Å². The predicted octanol–water partition coefficient (Wildman–Crippen LogP) is 2.34. The number of imidazole rings is 1. The molecular weight excluding hydrogens is 360 g/mol. The Bertz CT molecular complexity index is 463. The number of hydrogen-bond donors (Lipinski definition) is 0. The van der Waals surface area contributed by atoms with E-state index in [1.54, 1.807) is 0 Å². The third-order valence-corrected chi connectivity index (χ3v) is 4.92. The Morgan fingerprint density at radius 1 is 0.889 bits per heavy atom. The second-order valence-electron chi connectivity index (χ2n) is 7.53. The first-order chi connectivity index (χ1) is 12.7. The Morgan fingerprint density at radius 2 is 1.41 bits per heavy atom. The maximum Gasteiger partial charge on any atom is 0.305 e. The smallest absolute Gasteiger partial charge is 0.305 e. The van der Waals surface area contributed by atoms with E-state index in [0.717, 1.165) is 19.4 Å². The molecule has 1 heterocycles. The zero-order valence-electron chi connectivity index (χ0n) is 17.6. The van der Waals surface area contributed by atoms with Gasteiger partial charge in [0.1, 0.15) is 25.5 Å².